The number of hydrogen-bond acceptors (Lipinski definition) is 5. The number of ether oxygens (including phenoxy) is 1. The average molecular weight is 347 g/mol. The summed E-state index contributed by atoms with van der Waals surface area (Å²) in [4.78, 5) is 4.08. The smallest absolute Gasteiger partial charge is 0.168 e. The van der Waals surface area contributed by atoms with Gasteiger partial charge in [-0.1, -0.05) is 29.4 Å². The fraction of sp³-hybridized carbons (Fsp3) is 0.238. The van der Waals surface area contributed by atoms with E-state index in [0.717, 1.165) is 36.3 Å². The van der Waals surface area contributed by atoms with Crippen LogP contribution >= 0.6 is 0 Å². The Bertz CT molecular complexity index is 911. The first kappa shape index (κ1) is 16.4. The summed E-state index contributed by atoms with van der Waals surface area (Å²) in [6, 6.07) is 14.2. The highest BCUT2D eigenvalue weighted by Gasteiger charge is 2.15. The van der Waals surface area contributed by atoms with Crippen LogP contribution in [0.5, 0.6) is 0 Å². The summed E-state index contributed by atoms with van der Waals surface area (Å²) in [6.07, 6.45) is 6.77. The van der Waals surface area contributed by atoms with Crippen LogP contribution in [0.3, 0.4) is 0 Å². The largest absolute Gasteiger partial charge is 0.495 e. The first-order valence-electron chi connectivity index (χ1n) is 8.74. The quantitative estimate of drug-likeness (QED) is 0.750. The number of nitrogen functional groups attached to an aromatic ring is 1. The van der Waals surface area contributed by atoms with Crippen molar-refractivity contribution >= 4 is 5.82 Å². The molecule has 5 heteroatoms. The molecule has 1 atom stereocenters. The number of nitrogens with zero attached hydrogens (tertiary/aromatic N) is 2. The predicted molar refractivity (Wildman–Crippen MR) is 100 cm³/mol. The second-order valence-electron chi connectivity index (χ2n) is 6.64. The van der Waals surface area contributed by atoms with E-state index in [-0.39, 0.29) is 6.10 Å². The van der Waals surface area contributed by atoms with Gasteiger partial charge in [-0.2, -0.15) is 0 Å². The Labute approximate surface area is 152 Å². The molecule has 0 saturated carbocycles. The molecule has 2 aromatic heterocycles. The summed E-state index contributed by atoms with van der Waals surface area (Å²) >= 11 is 0. The van der Waals surface area contributed by atoms with Gasteiger partial charge in [-0.3, -0.25) is 0 Å². The van der Waals surface area contributed by atoms with Crippen molar-refractivity contribution in [1.29, 1.82) is 0 Å². The van der Waals surface area contributed by atoms with Gasteiger partial charge in [-0.05, 0) is 36.3 Å². The van der Waals surface area contributed by atoms with E-state index in [1.54, 1.807) is 12.3 Å². The molecule has 1 unspecified atom stereocenters. The molecule has 132 valence electrons. The lowest BCUT2D eigenvalue weighted by Crippen LogP contribution is -2.09. The van der Waals surface area contributed by atoms with Gasteiger partial charge in [0.2, 0.25) is 0 Å². The van der Waals surface area contributed by atoms with E-state index in [9.17, 15) is 0 Å². The second-order valence-corrected chi connectivity index (χ2v) is 6.64. The highest BCUT2D eigenvalue weighted by molar-refractivity contribution is 5.57. The number of benzene rings is 1. The number of anilines is 1. The number of pyridine rings is 1. The fourth-order valence-corrected chi connectivity index (χ4v) is 3.13. The molecular formula is C21H21N3O2. The van der Waals surface area contributed by atoms with Gasteiger partial charge < -0.3 is 15.0 Å². The van der Waals surface area contributed by atoms with Crippen molar-refractivity contribution in [2.24, 2.45) is 0 Å². The standard InChI is InChI=1S/C21H21N3O2/c1-14-2-8-19(25-14)11-16-5-3-15(4-6-16)10-18-12-20(26-24-18)17-7-9-21(22)23-13-17/h2-7,9,12-13,19H,8,10-11H2,1H3,(H2,22,23). The molecule has 3 heterocycles. The summed E-state index contributed by atoms with van der Waals surface area (Å²) < 4.78 is 11.2. The molecule has 1 aliphatic heterocycles. The molecule has 0 amide bonds. The zero-order valence-corrected chi connectivity index (χ0v) is 14.7. The van der Waals surface area contributed by atoms with Gasteiger partial charge in [0.25, 0.3) is 0 Å². The normalized spacial score (nSPS) is 16.3. The number of allylic oxidation sites excluding steroid dienone is 1. The third-order valence-corrected chi connectivity index (χ3v) is 4.52. The minimum absolute atomic E-state index is 0.271. The van der Waals surface area contributed by atoms with Crippen molar-refractivity contribution in [1.82, 2.24) is 10.1 Å². The van der Waals surface area contributed by atoms with Crippen molar-refractivity contribution < 1.29 is 9.26 Å². The monoisotopic (exact) mass is 347 g/mol. The molecule has 0 bridgehead atoms. The van der Waals surface area contributed by atoms with E-state index in [4.69, 9.17) is 15.0 Å². The average Bonchev–Trinajstić information content (AvgIpc) is 3.26. The van der Waals surface area contributed by atoms with Crippen LogP contribution in [0.25, 0.3) is 11.3 Å². The summed E-state index contributed by atoms with van der Waals surface area (Å²) in [5.74, 6) is 2.22. The Morgan fingerprint density at radius 2 is 1.92 bits per heavy atom. The highest BCUT2D eigenvalue weighted by atomic mass is 16.5. The molecule has 0 aliphatic carbocycles. The van der Waals surface area contributed by atoms with E-state index >= 15 is 0 Å². The molecule has 0 saturated heterocycles. The molecule has 4 rings (SSSR count). The molecule has 1 aliphatic rings. The number of nitrogens with two attached hydrogens (primary N) is 1. The zero-order chi connectivity index (χ0) is 17.9. The summed E-state index contributed by atoms with van der Waals surface area (Å²) in [5.41, 5.74) is 9.86. The number of rotatable bonds is 5. The number of aromatic nitrogens is 2. The predicted octanol–water partition coefficient (Wildman–Crippen LogP) is 4.14. The van der Waals surface area contributed by atoms with E-state index < -0.39 is 0 Å². The van der Waals surface area contributed by atoms with E-state index in [0.29, 0.717) is 11.6 Å². The molecule has 3 aromatic rings. The molecule has 5 nitrogen and oxygen atoms in total. The van der Waals surface area contributed by atoms with E-state index in [1.807, 2.05) is 19.1 Å². The molecule has 0 spiro atoms. The third-order valence-electron chi connectivity index (χ3n) is 4.52. The zero-order valence-electron chi connectivity index (χ0n) is 14.7. The number of hydrogen-bond donors (Lipinski definition) is 1. The van der Waals surface area contributed by atoms with Crippen LogP contribution in [0, 0.1) is 0 Å². The Kier molecular flexibility index (Phi) is 4.44. The highest BCUT2D eigenvalue weighted by Crippen LogP contribution is 2.23. The maximum atomic E-state index is 5.77. The van der Waals surface area contributed by atoms with E-state index in [2.05, 4.69) is 40.5 Å². The van der Waals surface area contributed by atoms with Gasteiger partial charge in [0.05, 0.1) is 11.5 Å². The van der Waals surface area contributed by atoms with Crippen molar-refractivity contribution in [3.8, 4) is 11.3 Å². The lowest BCUT2D eigenvalue weighted by Gasteiger charge is -2.12. The third kappa shape index (κ3) is 3.77. The van der Waals surface area contributed by atoms with Crippen molar-refractivity contribution in [2.45, 2.75) is 32.3 Å². The minimum atomic E-state index is 0.271. The van der Waals surface area contributed by atoms with Crippen LogP contribution in [0.2, 0.25) is 0 Å². The molecule has 2 N–H and O–H groups in total. The van der Waals surface area contributed by atoms with Crippen LogP contribution in [0.4, 0.5) is 5.82 Å². The molecule has 1 aromatic carbocycles. The molecule has 0 radical (unpaired) electrons. The van der Waals surface area contributed by atoms with Crippen molar-refractivity contribution in [2.75, 3.05) is 5.73 Å². The summed E-state index contributed by atoms with van der Waals surface area (Å²) in [6.45, 7) is 2.01. The van der Waals surface area contributed by atoms with Crippen LogP contribution in [-0.2, 0) is 17.6 Å². The Hall–Kier alpha value is -3.08. The van der Waals surface area contributed by atoms with Gasteiger partial charge in [-0.15, -0.1) is 0 Å². The maximum absolute atomic E-state index is 5.77. The second kappa shape index (κ2) is 7.04. The Balaban J connectivity index is 1.39. The molecule has 26 heavy (non-hydrogen) atoms. The summed E-state index contributed by atoms with van der Waals surface area (Å²) in [5, 5.41) is 4.16. The van der Waals surface area contributed by atoms with Crippen molar-refractivity contribution in [3.05, 3.63) is 77.3 Å². The fourth-order valence-electron chi connectivity index (χ4n) is 3.13. The van der Waals surface area contributed by atoms with Crippen LogP contribution < -0.4 is 5.73 Å². The van der Waals surface area contributed by atoms with Crippen molar-refractivity contribution in [3.63, 3.8) is 0 Å². The SMILES string of the molecule is CC1=CCC(Cc2ccc(Cc3cc(-c4ccc(N)nc4)on3)cc2)O1. The molecular weight excluding hydrogens is 326 g/mol. The van der Waals surface area contributed by atoms with Gasteiger partial charge in [0, 0.05) is 37.1 Å². The van der Waals surface area contributed by atoms with E-state index in [1.165, 1.54) is 11.1 Å². The van der Waals surface area contributed by atoms with Crippen LogP contribution in [-0.4, -0.2) is 16.2 Å². The summed E-state index contributed by atoms with van der Waals surface area (Å²) in [7, 11) is 0. The lowest BCUT2D eigenvalue weighted by atomic mass is 10.0. The Morgan fingerprint density at radius 3 is 2.62 bits per heavy atom. The van der Waals surface area contributed by atoms with Gasteiger partial charge in [0.15, 0.2) is 5.76 Å². The van der Waals surface area contributed by atoms with Gasteiger partial charge in [-0.25, -0.2) is 4.98 Å². The van der Waals surface area contributed by atoms with Crippen LogP contribution in [0.1, 0.15) is 30.2 Å². The van der Waals surface area contributed by atoms with Crippen LogP contribution in [0.15, 0.2) is 65.0 Å². The maximum Gasteiger partial charge on any atom is 0.168 e. The lowest BCUT2D eigenvalue weighted by molar-refractivity contribution is 0.145. The Morgan fingerprint density at radius 1 is 1.12 bits per heavy atom. The van der Waals surface area contributed by atoms with Gasteiger partial charge >= 0.3 is 0 Å². The van der Waals surface area contributed by atoms with Gasteiger partial charge in [0.1, 0.15) is 11.9 Å². The first-order valence-corrected chi connectivity index (χ1v) is 8.74. The first-order chi connectivity index (χ1) is 12.7. The topological polar surface area (TPSA) is 74.2 Å². The molecule has 0 fully saturated rings. The minimum Gasteiger partial charge on any atom is -0.495 e.